The highest BCUT2D eigenvalue weighted by Crippen LogP contribution is 2.25. The van der Waals surface area contributed by atoms with Gasteiger partial charge in [-0.05, 0) is 55.0 Å². The van der Waals surface area contributed by atoms with Crippen LogP contribution < -0.4 is 5.32 Å². The van der Waals surface area contributed by atoms with E-state index in [1.165, 1.54) is 6.08 Å². The van der Waals surface area contributed by atoms with E-state index in [9.17, 15) is 9.59 Å². The predicted molar refractivity (Wildman–Crippen MR) is 82.1 cm³/mol. The van der Waals surface area contributed by atoms with E-state index in [1.54, 1.807) is 6.07 Å². The van der Waals surface area contributed by atoms with Crippen molar-refractivity contribution in [3.05, 3.63) is 41.0 Å². The van der Waals surface area contributed by atoms with E-state index < -0.39 is 5.97 Å². The van der Waals surface area contributed by atoms with E-state index in [1.807, 2.05) is 19.1 Å². The Morgan fingerprint density at radius 3 is 2.67 bits per heavy atom. The number of aliphatic carboxylic acids is 1. The van der Waals surface area contributed by atoms with Gasteiger partial charge in [-0.2, -0.15) is 0 Å². The normalized spacial score (nSPS) is 21.6. The van der Waals surface area contributed by atoms with E-state index in [0.717, 1.165) is 36.5 Å². The summed E-state index contributed by atoms with van der Waals surface area (Å²) in [5.41, 5.74) is 2.24. The largest absolute Gasteiger partial charge is 0.478 e. The second-order valence-corrected chi connectivity index (χ2v) is 5.79. The number of nitrogens with one attached hydrogen (secondary N) is 1. The Labute approximate surface area is 124 Å². The fraction of sp³-hybridized carbons (Fsp3) is 0.412. The SMILES string of the molecule is Cc1cc(/C=C/C(=O)O)cc(C(=O)NC2CCCC2C)c1. The summed E-state index contributed by atoms with van der Waals surface area (Å²) >= 11 is 0. The van der Waals surface area contributed by atoms with Gasteiger partial charge in [0.05, 0.1) is 0 Å². The Balaban J connectivity index is 2.14. The van der Waals surface area contributed by atoms with Crippen LogP contribution in [0.4, 0.5) is 0 Å². The van der Waals surface area contributed by atoms with E-state index in [-0.39, 0.29) is 11.9 Å². The molecule has 21 heavy (non-hydrogen) atoms. The number of hydrogen-bond donors (Lipinski definition) is 2. The number of rotatable bonds is 4. The highest BCUT2D eigenvalue weighted by Gasteiger charge is 2.25. The molecular weight excluding hydrogens is 266 g/mol. The minimum absolute atomic E-state index is 0.0811. The number of carboxylic acid groups (broad SMARTS) is 1. The molecule has 0 bridgehead atoms. The summed E-state index contributed by atoms with van der Waals surface area (Å²) in [6.07, 6.45) is 5.93. The lowest BCUT2D eigenvalue weighted by molar-refractivity contribution is -0.131. The summed E-state index contributed by atoms with van der Waals surface area (Å²) in [6.45, 7) is 4.06. The zero-order valence-corrected chi connectivity index (χ0v) is 12.4. The zero-order chi connectivity index (χ0) is 15.4. The number of amides is 1. The molecule has 1 aromatic carbocycles. The van der Waals surface area contributed by atoms with Crippen LogP contribution in [0.3, 0.4) is 0 Å². The average Bonchev–Trinajstić information content (AvgIpc) is 2.81. The lowest BCUT2D eigenvalue weighted by Gasteiger charge is -2.17. The summed E-state index contributed by atoms with van der Waals surface area (Å²) < 4.78 is 0. The van der Waals surface area contributed by atoms with Gasteiger partial charge in [-0.3, -0.25) is 4.79 Å². The zero-order valence-electron chi connectivity index (χ0n) is 12.4. The fourth-order valence-electron chi connectivity index (χ4n) is 2.82. The van der Waals surface area contributed by atoms with Gasteiger partial charge >= 0.3 is 5.97 Å². The van der Waals surface area contributed by atoms with Crippen LogP contribution >= 0.6 is 0 Å². The molecule has 0 spiro atoms. The van der Waals surface area contributed by atoms with Crippen molar-refractivity contribution in [2.75, 3.05) is 0 Å². The smallest absolute Gasteiger partial charge is 0.328 e. The summed E-state index contributed by atoms with van der Waals surface area (Å²) in [5.74, 6) is -0.560. The standard InChI is InChI=1S/C17H21NO3/c1-11-8-13(6-7-16(19)20)10-14(9-11)17(21)18-15-5-3-4-12(15)2/h6-10,12,15H,3-5H2,1-2H3,(H,18,21)(H,19,20)/b7-6+. The topological polar surface area (TPSA) is 66.4 Å². The third kappa shape index (κ3) is 4.18. The highest BCUT2D eigenvalue weighted by molar-refractivity contribution is 5.95. The quantitative estimate of drug-likeness (QED) is 0.837. The van der Waals surface area contributed by atoms with Crippen LogP contribution in [0.5, 0.6) is 0 Å². The molecule has 4 heteroatoms. The van der Waals surface area contributed by atoms with Crippen molar-refractivity contribution in [2.24, 2.45) is 5.92 Å². The molecule has 2 unspecified atom stereocenters. The van der Waals surface area contributed by atoms with Gasteiger partial charge in [0.15, 0.2) is 0 Å². The van der Waals surface area contributed by atoms with Crippen molar-refractivity contribution in [2.45, 2.75) is 39.2 Å². The number of carbonyl (C=O) groups excluding carboxylic acids is 1. The molecule has 2 rings (SSSR count). The Kier molecular flexibility index (Phi) is 4.78. The van der Waals surface area contributed by atoms with Crippen molar-refractivity contribution in [3.8, 4) is 0 Å². The minimum Gasteiger partial charge on any atom is -0.478 e. The summed E-state index contributed by atoms with van der Waals surface area (Å²) in [6, 6.07) is 5.65. The van der Waals surface area contributed by atoms with Crippen molar-refractivity contribution in [3.63, 3.8) is 0 Å². The molecule has 1 aliphatic rings. The first-order valence-corrected chi connectivity index (χ1v) is 7.29. The monoisotopic (exact) mass is 287 g/mol. The molecule has 1 saturated carbocycles. The first kappa shape index (κ1) is 15.3. The highest BCUT2D eigenvalue weighted by atomic mass is 16.4. The van der Waals surface area contributed by atoms with Gasteiger partial charge in [0.1, 0.15) is 0 Å². The van der Waals surface area contributed by atoms with Crippen LogP contribution in [-0.4, -0.2) is 23.0 Å². The number of hydrogen-bond acceptors (Lipinski definition) is 2. The summed E-state index contributed by atoms with van der Waals surface area (Å²) in [7, 11) is 0. The van der Waals surface area contributed by atoms with Gasteiger partial charge in [-0.1, -0.05) is 19.4 Å². The van der Waals surface area contributed by atoms with E-state index in [4.69, 9.17) is 5.11 Å². The second kappa shape index (κ2) is 6.57. The van der Waals surface area contributed by atoms with E-state index in [0.29, 0.717) is 11.5 Å². The number of carbonyl (C=O) groups is 2. The van der Waals surface area contributed by atoms with Crippen LogP contribution in [0.15, 0.2) is 24.3 Å². The predicted octanol–water partition coefficient (Wildman–Crippen LogP) is 3.01. The summed E-state index contributed by atoms with van der Waals surface area (Å²) in [4.78, 5) is 22.9. The Morgan fingerprint density at radius 2 is 2.05 bits per heavy atom. The van der Waals surface area contributed by atoms with Crippen LogP contribution in [0.25, 0.3) is 6.08 Å². The van der Waals surface area contributed by atoms with Crippen molar-refractivity contribution in [1.29, 1.82) is 0 Å². The third-order valence-electron chi connectivity index (χ3n) is 3.96. The second-order valence-electron chi connectivity index (χ2n) is 5.79. The molecule has 1 fully saturated rings. The number of carboxylic acids is 1. The third-order valence-corrected chi connectivity index (χ3v) is 3.96. The molecule has 0 heterocycles. The molecule has 1 amide bonds. The van der Waals surface area contributed by atoms with Crippen LogP contribution in [0, 0.1) is 12.8 Å². The average molecular weight is 287 g/mol. The molecular formula is C17H21NO3. The molecule has 1 aromatic rings. The van der Waals surface area contributed by atoms with Gasteiger partial charge in [0.2, 0.25) is 0 Å². The molecule has 0 aliphatic heterocycles. The van der Waals surface area contributed by atoms with E-state index in [2.05, 4.69) is 12.2 Å². The fourth-order valence-corrected chi connectivity index (χ4v) is 2.82. The van der Waals surface area contributed by atoms with Crippen molar-refractivity contribution < 1.29 is 14.7 Å². The van der Waals surface area contributed by atoms with Gasteiger partial charge in [0, 0.05) is 17.7 Å². The molecule has 1 aliphatic carbocycles. The van der Waals surface area contributed by atoms with Gasteiger partial charge in [-0.25, -0.2) is 4.79 Å². The number of aryl methyl sites for hydroxylation is 1. The van der Waals surface area contributed by atoms with E-state index >= 15 is 0 Å². The lowest BCUT2D eigenvalue weighted by Crippen LogP contribution is -2.36. The first-order valence-electron chi connectivity index (χ1n) is 7.29. The Bertz CT molecular complexity index is 577. The van der Waals surface area contributed by atoms with Gasteiger partial charge < -0.3 is 10.4 Å². The minimum atomic E-state index is -0.998. The first-order chi connectivity index (χ1) is 9.95. The van der Waals surface area contributed by atoms with Gasteiger partial charge in [0.25, 0.3) is 5.91 Å². The van der Waals surface area contributed by atoms with Crippen LogP contribution in [0.1, 0.15) is 47.7 Å². The molecule has 0 saturated heterocycles. The van der Waals surface area contributed by atoms with Gasteiger partial charge in [-0.15, -0.1) is 0 Å². The van der Waals surface area contributed by atoms with Crippen molar-refractivity contribution >= 4 is 18.0 Å². The lowest BCUT2D eigenvalue weighted by atomic mass is 10.0. The molecule has 2 atom stereocenters. The summed E-state index contributed by atoms with van der Waals surface area (Å²) in [5, 5.41) is 11.8. The maximum atomic E-state index is 12.3. The Hall–Kier alpha value is -2.10. The Morgan fingerprint density at radius 1 is 1.29 bits per heavy atom. The van der Waals surface area contributed by atoms with Crippen LogP contribution in [-0.2, 0) is 4.79 Å². The molecule has 0 radical (unpaired) electrons. The molecule has 0 aromatic heterocycles. The maximum Gasteiger partial charge on any atom is 0.328 e. The molecule has 112 valence electrons. The van der Waals surface area contributed by atoms with Crippen molar-refractivity contribution in [1.82, 2.24) is 5.32 Å². The van der Waals surface area contributed by atoms with Crippen LogP contribution in [0.2, 0.25) is 0 Å². The maximum absolute atomic E-state index is 12.3. The molecule has 4 nitrogen and oxygen atoms in total. The molecule has 2 N–H and O–H groups in total. The number of benzene rings is 1.